The number of benzene rings is 1. The van der Waals surface area contributed by atoms with Gasteiger partial charge in [0.1, 0.15) is 0 Å². The third kappa shape index (κ3) is 3.07. The number of carbonyl (C=O) groups is 1. The molecule has 4 nitrogen and oxygen atoms in total. The second kappa shape index (κ2) is 5.29. The van der Waals surface area contributed by atoms with Crippen LogP contribution in [0.25, 0.3) is 0 Å². The quantitative estimate of drug-likeness (QED) is 0.834. The Morgan fingerprint density at radius 1 is 1.62 bits per heavy atom. The van der Waals surface area contributed by atoms with Gasteiger partial charge in [-0.25, -0.2) is 0 Å². The van der Waals surface area contributed by atoms with Crippen molar-refractivity contribution in [3.8, 4) is 6.07 Å². The minimum Gasteiger partial charge on any atom is -0.480 e. The standard InChI is InChI=1S/C12H14N2O2/c1-9(14(2)8-12(15)16)11-5-3-4-10(6-11)7-13/h3-6,9H,8H2,1-2H3,(H,15,16). The van der Waals surface area contributed by atoms with Gasteiger partial charge in [0.25, 0.3) is 0 Å². The van der Waals surface area contributed by atoms with Crippen LogP contribution in [-0.4, -0.2) is 29.6 Å². The molecule has 0 fully saturated rings. The molecule has 0 saturated heterocycles. The number of likely N-dealkylation sites (N-methyl/N-ethyl adjacent to an activating group) is 1. The van der Waals surface area contributed by atoms with Crippen molar-refractivity contribution in [3.05, 3.63) is 35.4 Å². The van der Waals surface area contributed by atoms with E-state index in [2.05, 4.69) is 6.07 Å². The van der Waals surface area contributed by atoms with Crippen LogP contribution in [0, 0.1) is 11.3 Å². The molecule has 1 N–H and O–H groups in total. The van der Waals surface area contributed by atoms with E-state index >= 15 is 0 Å². The van der Waals surface area contributed by atoms with Gasteiger partial charge in [-0.2, -0.15) is 5.26 Å². The molecule has 1 rings (SSSR count). The average Bonchev–Trinajstić information content (AvgIpc) is 2.27. The monoisotopic (exact) mass is 218 g/mol. The highest BCUT2D eigenvalue weighted by Crippen LogP contribution is 2.19. The van der Waals surface area contributed by atoms with Crippen molar-refractivity contribution in [1.82, 2.24) is 4.90 Å². The van der Waals surface area contributed by atoms with Crippen LogP contribution in [0.5, 0.6) is 0 Å². The lowest BCUT2D eigenvalue weighted by Crippen LogP contribution is -2.28. The predicted octanol–water partition coefficient (Wildman–Crippen LogP) is 1.64. The van der Waals surface area contributed by atoms with Crippen LogP contribution in [0.1, 0.15) is 24.1 Å². The number of rotatable bonds is 4. The lowest BCUT2D eigenvalue weighted by molar-refractivity contribution is -0.138. The normalized spacial score (nSPS) is 12.1. The van der Waals surface area contributed by atoms with Gasteiger partial charge in [0.05, 0.1) is 18.2 Å². The van der Waals surface area contributed by atoms with Gasteiger partial charge >= 0.3 is 5.97 Å². The molecule has 0 aliphatic carbocycles. The van der Waals surface area contributed by atoms with Crippen LogP contribution in [0.3, 0.4) is 0 Å². The first-order chi connectivity index (χ1) is 7.54. The van der Waals surface area contributed by atoms with Crippen LogP contribution in [0.4, 0.5) is 0 Å². The Labute approximate surface area is 94.7 Å². The zero-order valence-corrected chi connectivity index (χ0v) is 9.34. The van der Waals surface area contributed by atoms with Gasteiger partial charge in [0, 0.05) is 6.04 Å². The molecule has 0 radical (unpaired) electrons. The molecule has 1 unspecified atom stereocenters. The highest BCUT2D eigenvalue weighted by molar-refractivity contribution is 5.69. The molecule has 1 atom stereocenters. The number of hydrogen-bond acceptors (Lipinski definition) is 3. The molecule has 0 bridgehead atoms. The fourth-order valence-electron chi connectivity index (χ4n) is 1.47. The van der Waals surface area contributed by atoms with Gasteiger partial charge in [-0.05, 0) is 31.7 Å². The second-order valence-corrected chi connectivity index (χ2v) is 3.72. The number of carboxylic acid groups (broad SMARTS) is 1. The van der Waals surface area contributed by atoms with Gasteiger partial charge < -0.3 is 5.11 Å². The molecular weight excluding hydrogens is 204 g/mol. The van der Waals surface area contributed by atoms with Crippen molar-refractivity contribution in [1.29, 1.82) is 5.26 Å². The smallest absolute Gasteiger partial charge is 0.317 e. The molecule has 84 valence electrons. The molecule has 1 aromatic rings. The van der Waals surface area contributed by atoms with Gasteiger partial charge in [0.15, 0.2) is 0 Å². The lowest BCUT2D eigenvalue weighted by Gasteiger charge is -2.23. The molecule has 0 aromatic heterocycles. The van der Waals surface area contributed by atoms with Gasteiger partial charge in [-0.15, -0.1) is 0 Å². The van der Waals surface area contributed by atoms with E-state index in [4.69, 9.17) is 10.4 Å². The molecular formula is C12H14N2O2. The van der Waals surface area contributed by atoms with Crippen LogP contribution >= 0.6 is 0 Å². The van der Waals surface area contributed by atoms with E-state index in [9.17, 15) is 4.79 Å². The minimum absolute atomic E-state index is 0.0159. The van der Waals surface area contributed by atoms with E-state index in [1.807, 2.05) is 13.0 Å². The third-order valence-corrected chi connectivity index (χ3v) is 2.54. The number of aliphatic carboxylic acids is 1. The Balaban J connectivity index is 2.83. The van der Waals surface area contributed by atoms with E-state index in [1.165, 1.54) is 0 Å². The first-order valence-electron chi connectivity index (χ1n) is 4.96. The van der Waals surface area contributed by atoms with Gasteiger partial charge in [-0.3, -0.25) is 9.69 Å². The molecule has 4 heteroatoms. The summed E-state index contributed by atoms with van der Waals surface area (Å²) in [5.41, 5.74) is 1.54. The molecule has 0 amide bonds. The average molecular weight is 218 g/mol. The number of carboxylic acids is 1. The lowest BCUT2D eigenvalue weighted by atomic mass is 10.0. The van der Waals surface area contributed by atoms with Crippen molar-refractivity contribution < 1.29 is 9.90 Å². The SMILES string of the molecule is CC(c1cccc(C#N)c1)N(C)CC(=O)O. The van der Waals surface area contributed by atoms with E-state index in [0.29, 0.717) is 5.56 Å². The molecule has 0 spiro atoms. The number of nitriles is 1. The summed E-state index contributed by atoms with van der Waals surface area (Å²) in [7, 11) is 1.75. The Hall–Kier alpha value is -1.86. The summed E-state index contributed by atoms with van der Waals surface area (Å²) in [5, 5.41) is 17.5. The first-order valence-corrected chi connectivity index (χ1v) is 4.96. The van der Waals surface area contributed by atoms with Crippen molar-refractivity contribution in [2.45, 2.75) is 13.0 Å². The summed E-state index contributed by atoms with van der Waals surface area (Å²) in [4.78, 5) is 12.3. The maximum Gasteiger partial charge on any atom is 0.317 e. The number of nitrogens with zero attached hydrogens (tertiary/aromatic N) is 2. The van der Waals surface area contributed by atoms with Crippen molar-refractivity contribution in [2.24, 2.45) is 0 Å². The maximum absolute atomic E-state index is 10.6. The minimum atomic E-state index is -0.856. The Morgan fingerprint density at radius 3 is 2.88 bits per heavy atom. The molecule has 0 heterocycles. The van der Waals surface area contributed by atoms with E-state index < -0.39 is 5.97 Å². The maximum atomic E-state index is 10.6. The summed E-state index contributed by atoms with van der Waals surface area (Å²) in [6.07, 6.45) is 0. The van der Waals surface area contributed by atoms with E-state index in [-0.39, 0.29) is 12.6 Å². The zero-order chi connectivity index (χ0) is 12.1. The topological polar surface area (TPSA) is 64.3 Å². The summed E-state index contributed by atoms with van der Waals surface area (Å²) in [5.74, 6) is -0.856. The van der Waals surface area contributed by atoms with Crippen molar-refractivity contribution >= 4 is 5.97 Å². The molecule has 16 heavy (non-hydrogen) atoms. The van der Waals surface area contributed by atoms with Gasteiger partial charge in [-0.1, -0.05) is 12.1 Å². The van der Waals surface area contributed by atoms with E-state index in [0.717, 1.165) is 5.56 Å². The number of hydrogen-bond donors (Lipinski definition) is 1. The highest BCUT2D eigenvalue weighted by atomic mass is 16.4. The Morgan fingerprint density at radius 2 is 2.31 bits per heavy atom. The van der Waals surface area contributed by atoms with E-state index in [1.54, 1.807) is 30.1 Å². The highest BCUT2D eigenvalue weighted by Gasteiger charge is 2.14. The fourth-order valence-corrected chi connectivity index (χ4v) is 1.47. The van der Waals surface area contributed by atoms with Crippen LogP contribution in [0.2, 0.25) is 0 Å². The van der Waals surface area contributed by atoms with Crippen LogP contribution < -0.4 is 0 Å². The van der Waals surface area contributed by atoms with Gasteiger partial charge in [0.2, 0.25) is 0 Å². The zero-order valence-electron chi connectivity index (χ0n) is 9.34. The third-order valence-electron chi connectivity index (χ3n) is 2.54. The Bertz CT molecular complexity index is 423. The first kappa shape index (κ1) is 12.2. The van der Waals surface area contributed by atoms with Crippen LogP contribution in [-0.2, 0) is 4.79 Å². The fraction of sp³-hybridized carbons (Fsp3) is 0.333. The van der Waals surface area contributed by atoms with Crippen molar-refractivity contribution in [3.63, 3.8) is 0 Å². The summed E-state index contributed by atoms with van der Waals surface area (Å²) in [6.45, 7) is 1.90. The molecule has 1 aromatic carbocycles. The summed E-state index contributed by atoms with van der Waals surface area (Å²) >= 11 is 0. The predicted molar refractivity (Wildman–Crippen MR) is 59.8 cm³/mol. The summed E-state index contributed by atoms with van der Waals surface area (Å²) in [6, 6.07) is 9.25. The largest absolute Gasteiger partial charge is 0.480 e. The molecule has 0 saturated carbocycles. The Kier molecular flexibility index (Phi) is 4.03. The summed E-state index contributed by atoms with van der Waals surface area (Å²) < 4.78 is 0. The molecule has 0 aliphatic heterocycles. The second-order valence-electron chi connectivity index (χ2n) is 3.72. The van der Waals surface area contributed by atoms with Crippen molar-refractivity contribution in [2.75, 3.05) is 13.6 Å². The van der Waals surface area contributed by atoms with Crippen LogP contribution in [0.15, 0.2) is 24.3 Å². The molecule has 0 aliphatic rings.